The lowest BCUT2D eigenvalue weighted by Gasteiger charge is -2.30. The van der Waals surface area contributed by atoms with Crippen LogP contribution in [0.15, 0.2) is 30.3 Å². The second-order valence-electron chi connectivity index (χ2n) is 5.27. The van der Waals surface area contributed by atoms with Crippen molar-refractivity contribution in [3.05, 3.63) is 35.9 Å². The number of hydrogen-bond donors (Lipinski definition) is 2. The van der Waals surface area contributed by atoms with E-state index in [-0.39, 0.29) is 0 Å². The summed E-state index contributed by atoms with van der Waals surface area (Å²) in [6.45, 7) is 4.41. The Morgan fingerprint density at radius 1 is 1.50 bits per heavy atom. The zero-order valence-corrected chi connectivity index (χ0v) is 10.7. The summed E-state index contributed by atoms with van der Waals surface area (Å²) in [6.07, 6.45) is 1.12. The highest BCUT2D eigenvalue weighted by Crippen LogP contribution is 2.24. The third-order valence-electron chi connectivity index (χ3n) is 3.65. The zero-order valence-electron chi connectivity index (χ0n) is 10.7. The molecule has 2 unspecified atom stereocenters. The Kier molecular flexibility index (Phi) is 3.68. The Hall–Kier alpha value is -1.39. The van der Waals surface area contributed by atoms with Gasteiger partial charge >= 0.3 is 5.97 Å². The lowest BCUT2D eigenvalue weighted by Crippen LogP contribution is -2.53. The number of carboxylic acids is 1. The van der Waals surface area contributed by atoms with Gasteiger partial charge in [0.25, 0.3) is 0 Å². The number of nitrogens with two attached hydrogens (primary N) is 1. The maximum Gasteiger partial charge on any atom is 0.329 e. The number of carbonyl (C=O) groups is 1. The van der Waals surface area contributed by atoms with Crippen LogP contribution < -0.4 is 5.73 Å². The molecule has 1 fully saturated rings. The second kappa shape index (κ2) is 5.08. The summed E-state index contributed by atoms with van der Waals surface area (Å²) >= 11 is 0. The summed E-state index contributed by atoms with van der Waals surface area (Å²) in [5.74, 6) is -0.341. The molecule has 0 radical (unpaired) electrons. The molecule has 0 amide bonds. The predicted octanol–water partition coefficient (Wildman–Crippen LogP) is 1.27. The van der Waals surface area contributed by atoms with Crippen LogP contribution in [0.1, 0.15) is 18.9 Å². The molecule has 0 bridgehead atoms. The van der Waals surface area contributed by atoms with Gasteiger partial charge in [0.15, 0.2) is 5.54 Å². The fourth-order valence-corrected chi connectivity index (χ4v) is 2.54. The van der Waals surface area contributed by atoms with Crippen molar-refractivity contribution in [1.29, 1.82) is 0 Å². The molecule has 1 aliphatic heterocycles. The van der Waals surface area contributed by atoms with E-state index < -0.39 is 11.5 Å². The number of nitrogens with zero attached hydrogens (tertiary/aromatic N) is 1. The Balaban J connectivity index is 2.20. The third kappa shape index (κ3) is 2.54. The lowest BCUT2D eigenvalue weighted by atomic mass is 9.90. The van der Waals surface area contributed by atoms with Gasteiger partial charge in [-0.05, 0) is 24.4 Å². The minimum atomic E-state index is -1.31. The summed E-state index contributed by atoms with van der Waals surface area (Å²) in [7, 11) is 0. The highest BCUT2D eigenvalue weighted by Gasteiger charge is 2.39. The first-order valence-corrected chi connectivity index (χ1v) is 6.32. The van der Waals surface area contributed by atoms with Gasteiger partial charge in [-0.3, -0.25) is 0 Å². The molecule has 1 saturated heterocycles. The Labute approximate surface area is 107 Å². The number of hydrogen-bond acceptors (Lipinski definition) is 3. The fraction of sp³-hybridized carbons (Fsp3) is 0.500. The zero-order chi connectivity index (χ0) is 13.2. The minimum Gasteiger partial charge on any atom is -0.480 e. The van der Waals surface area contributed by atoms with E-state index in [1.165, 1.54) is 0 Å². The molecule has 4 nitrogen and oxygen atoms in total. The molecule has 2 atom stereocenters. The van der Waals surface area contributed by atoms with Gasteiger partial charge in [0.1, 0.15) is 0 Å². The first kappa shape index (κ1) is 13.1. The molecule has 3 N–H and O–H groups in total. The largest absolute Gasteiger partial charge is 0.480 e. The van der Waals surface area contributed by atoms with E-state index in [1.54, 1.807) is 12.1 Å². The van der Waals surface area contributed by atoms with Crippen molar-refractivity contribution in [2.45, 2.75) is 18.9 Å². The molecule has 4 heteroatoms. The van der Waals surface area contributed by atoms with Gasteiger partial charge in [0.2, 0.25) is 0 Å². The predicted molar refractivity (Wildman–Crippen MR) is 70.2 cm³/mol. The van der Waals surface area contributed by atoms with Crippen LogP contribution in [0.25, 0.3) is 0 Å². The van der Waals surface area contributed by atoms with Gasteiger partial charge in [-0.1, -0.05) is 37.3 Å². The van der Waals surface area contributed by atoms with Crippen LogP contribution in [0.3, 0.4) is 0 Å². The van der Waals surface area contributed by atoms with E-state index in [0.29, 0.717) is 18.0 Å². The smallest absolute Gasteiger partial charge is 0.329 e. The Morgan fingerprint density at radius 2 is 2.17 bits per heavy atom. The minimum absolute atomic E-state index is 0.372. The molecule has 1 aromatic carbocycles. The van der Waals surface area contributed by atoms with Crippen LogP contribution in [0, 0.1) is 5.92 Å². The van der Waals surface area contributed by atoms with Crippen molar-refractivity contribution in [1.82, 2.24) is 4.90 Å². The van der Waals surface area contributed by atoms with Gasteiger partial charge in [-0.15, -0.1) is 0 Å². The van der Waals surface area contributed by atoms with E-state index in [0.717, 1.165) is 19.5 Å². The highest BCUT2D eigenvalue weighted by molar-refractivity contribution is 5.80. The maximum absolute atomic E-state index is 11.5. The number of aliphatic carboxylic acids is 1. The molecule has 0 aliphatic carbocycles. The quantitative estimate of drug-likeness (QED) is 0.842. The van der Waals surface area contributed by atoms with Gasteiger partial charge in [0, 0.05) is 13.1 Å². The van der Waals surface area contributed by atoms with Crippen LogP contribution in [-0.4, -0.2) is 35.6 Å². The van der Waals surface area contributed by atoms with Crippen LogP contribution in [-0.2, 0) is 10.3 Å². The SMILES string of the molecule is CC1CCN(CC(N)(C(=O)O)c2ccccc2)C1. The van der Waals surface area contributed by atoms with E-state index in [2.05, 4.69) is 11.8 Å². The van der Waals surface area contributed by atoms with Crippen molar-refractivity contribution >= 4 is 5.97 Å². The molecule has 1 aromatic rings. The molecule has 0 saturated carbocycles. The Morgan fingerprint density at radius 3 is 2.67 bits per heavy atom. The molecular weight excluding hydrogens is 228 g/mol. The van der Waals surface area contributed by atoms with Crippen molar-refractivity contribution in [3.63, 3.8) is 0 Å². The molecule has 98 valence electrons. The number of likely N-dealkylation sites (tertiary alicyclic amines) is 1. The molecule has 2 rings (SSSR count). The second-order valence-corrected chi connectivity index (χ2v) is 5.27. The summed E-state index contributed by atoms with van der Waals surface area (Å²) in [4.78, 5) is 13.7. The average molecular weight is 248 g/mol. The van der Waals surface area contributed by atoms with Crippen LogP contribution in [0.5, 0.6) is 0 Å². The first-order chi connectivity index (χ1) is 8.52. The standard InChI is InChI=1S/C14H20N2O2/c1-11-7-8-16(9-11)10-14(15,13(17)18)12-5-3-2-4-6-12/h2-6,11H,7-10,15H2,1H3,(H,17,18). The highest BCUT2D eigenvalue weighted by atomic mass is 16.4. The number of rotatable bonds is 4. The van der Waals surface area contributed by atoms with Crippen molar-refractivity contribution in [2.75, 3.05) is 19.6 Å². The van der Waals surface area contributed by atoms with Crippen molar-refractivity contribution in [3.8, 4) is 0 Å². The molecule has 18 heavy (non-hydrogen) atoms. The molecule has 1 heterocycles. The molecular formula is C14H20N2O2. The monoisotopic (exact) mass is 248 g/mol. The number of carboxylic acid groups (broad SMARTS) is 1. The van der Waals surface area contributed by atoms with E-state index in [1.807, 2.05) is 18.2 Å². The van der Waals surface area contributed by atoms with Gasteiger partial charge in [-0.2, -0.15) is 0 Å². The first-order valence-electron chi connectivity index (χ1n) is 6.32. The van der Waals surface area contributed by atoms with E-state index >= 15 is 0 Å². The van der Waals surface area contributed by atoms with Crippen molar-refractivity contribution < 1.29 is 9.90 Å². The molecule has 1 aliphatic rings. The number of benzene rings is 1. The summed E-state index contributed by atoms with van der Waals surface area (Å²) in [5, 5.41) is 9.46. The van der Waals surface area contributed by atoms with Crippen LogP contribution in [0.4, 0.5) is 0 Å². The summed E-state index contributed by atoms with van der Waals surface area (Å²) in [6, 6.07) is 9.09. The summed E-state index contributed by atoms with van der Waals surface area (Å²) in [5.41, 5.74) is 5.50. The van der Waals surface area contributed by atoms with Crippen LogP contribution in [0.2, 0.25) is 0 Å². The molecule has 0 spiro atoms. The van der Waals surface area contributed by atoms with Crippen molar-refractivity contribution in [2.24, 2.45) is 11.7 Å². The topological polar surface area (TPSA) is 66.6 Å². The maximum atomic E-state index is 11.5. The summed E-state index contributed by atoms with van der Waals surface area (Å²) < 4.78 is 0. The van der Waals surface area contributed by atoms with Gasteiger partial charge in [0.05, 0.1) is 0 Å². The average Bonchev–Trinajstić information content (AvgIpc) is 2.75. The normalized spacial score (nSPS) is 23.8. The third-order valence-corrected chi connectivity index (χ3v) is 3.65. The molecule has 0 aromatic heterocycles. The van der Waals surface area contributed by atoms with E-state index in [9.17, 15) is 9.90 Å². The Bertz CT molecular complexity index is 421. The lowest BCUT2D eigenvalue weighted by molar-refractivity contribution is -0.144. The van der Waals surface area contributed by atoms with E-state index in [4.69, 9.17) is 5.73 Å². The van der Waals surface area contributed by atoms with Crippen LogP contribution >= 0.6 is 0 Å². The van der Waals surface area contributed by atoms with Gasteiger partial charge < -0.3 is 15.7 Å². The fourth-order valence-electron chi connectivity index (χ4n) is 2.54. The van der Waals surface area contributed by atoms with Gasteiger partial charge in [-0.25, -0.2) is 4.79 Å².